The van der Waals surface area contributed by atoms with Gasteiger partial charge in [-0.1, -0.05) is 41.5 Å². The highest BCUT2D eigenvalue weighted by Gasteiger charge is 2.64. The Balaban J connectivity index is 0.000000172. The number of hydrogen-bond donors (Lipinski definition) is 4. The van der Waals surface area contributed by atoms with Gasteiger partial charge in [-0.05, 0) is 183 Å². The van der Waals surface area contributed by atoms with Crippen LogP contribution in [0.1, 0.15) is 170 Å². The molecule has 8 saturated carbocycles. The predicted molar refractivity (Wildman–Crippen MR) is 215 cm³/mol. The van der Waals surface area contributed by atoms with Gasteiger partial charge in [-0.3, -0.25) is 19.2 Å². The molecule has 8 nitrogen and oxygen atoms in total. The van der Waals surface area contributed by atoms with Gasteiger partial charge >= 0.3 is 11.9 Å². The van der Waals surface area contributed by atoms with E-state index in [0.29, 0.717) is 90.0 Å². The van der Waals surface area contributed by atoms with Crippen LogP contribution in [0, 0.1) is 92.7 Å². The Labute approximate surface area is 337 Å². The number of carboxylic acids is 2. The topological polar surface area (TPSA) is 149 Å². The molecule has 8 aliphatic carbocycles. The van der Waals surface area contributed by atoms with Crippen LogP contribution in [0.15, 0.2) is 0 Å². The van der Waals surface area contributed by atoms with Crippen molar-refractivity contribution in [3.8, 4) is 0 Å². The normalized spacial score (nSPS) is 49.1. The molecule has 0 aromatic rings. The molecule has 0 bridgehead atoms. The van der Waals surface area contributed by atoms with Gasteiger partial charge in [0.15, 0.2) is 0 Å². The van der Waals surface area contributed by atoms with Crippen molar-refractivity contribution in [1.29, 1.82) is 0 Å². The monoisotopic (exact) mass is 781 g/mol. The van der Waals surface area contributed by atoms with Crippen molar-refractivity contribution in [3.63, 3.8) is 0 Å². The molecule has 18 atom stereocenters. The average Bonchev–Trinajstić information content (AvgIpc) is 3.68. The molecule has 0 aromatic heterocycles. The SMILES string of the molecule is C[C@H](CCC(=O)O)[C@H]1CCC2[C@@H]3C(=O)C[C@@H]4CC(=O)CC[C@]4(C)C3CC[C@@]21C.C[C@H](CCC(=O)O)[C@H]1CCC2[C@@H]3C(O)C[C@@H]4C[C@@H](O)CC[C@]4(C)C3CC[C@@]21C. The van der Waals surface area contributed by atoms with E-state index in [9.17, 15) is 29.4 Å². The van der Waals surface area contributed by atoms with Gasteiger partial charge < -0.3 is 20.4 Å². The second-order valence-corrected chi connectivity index (χ2v) is 22.4. The van der Waals surface area contributed by atoms with Gasteiger partial charge in [-0.2, -0.15) is 0 Å². The third-order valence-corrected chi connectivity index (χ3v) is 20.1. The Morgan fingerprint density at radius 3 is 1.73 bits per heavy atom. The van der Waals surface area contributed by atoms with E-state index in [-0.39, 0.29) is 58.5 Å². The summed E-state index contributed by atoms with van der Waals surface area (Å²) in [6.07, 6.45) is 17.6. The van der Waals surface area contributed by atoms with Gasteiger partial charge in [0.25, 0.3) is 0 Å². The third kappa shape index (κ3) is 7.16. The predicted octanol–water partition coefficient (Wildman–Crippen LogP) is 9.37. The van der Waals surface area contributed by atoms with Crippen LogP contribution in [-0.2, 0) is 19.2 Å². The van der Waals surface area contributed by atoms with Crippen LogP contribution in [0.2, 0.25) is 0 Å². The van der Waals surface area contributed by atoms with Crippen LogP contribution in [0.3, 0.4) is 0 Å². The van der Waals surface area contributed by atoms with E-state index in [1.165, 1.54) is 25.7 Å². The number of carbonyl (C=O) groups is 4. The van der Waals surface area contributed by atoms with Crippen LogP contribution in [0.5, 0.6) is 0 Å². The van der Waals surface area contributed by atoms with Crippen LogP contribution in [0.25, 0.3) is 0 Å². The van der Waals surface area contributed by atoms with Gasteiger partial charge in [-0.15, -0.1) is 0 Å². The Morgan fingerprint density at radius 2 is 1.12 bits per heavy atom. The number of Topliss-reactive ketones (excluding diaryl/α,β-unsaturated/α-hetero) is 2. The van der Waals surface area contributed by atoms with Gasteiger partial charge in [0.2, 0.25) is 0 Å². The molecule has 8 fully saturated rings. The highest BCUT2D eigenvalue weighted by atomic mass is 16.4. The quantitative estimate of drug-likeness (QED) is 0.190. The number of aliphatic carboxylic acids is 2. The lowest BCUT2D eigenvalue weighted by Gasteiger charge is -2.62. The Kier molecular flexibility index (Phi) is 11.8. The number of carboxylic acid groups (broad SMARTS) is 2. The third-order valence-electron chi connectivity index (χ3n) is 20.1. The summed E-state index contributed by atoms with van der Waals surface area (Å²) in [5, 5.41) is 39.6. The van der Waals surface area contributed by atoms with Gasteiger partial charge in [0, 0.05) is 38.0 Å². The molecule has 0 spiro atoms. The minimum atomic E-state index is -0.705. The summed E-state index contributed by atoms with van der Waals surface area (Å²) >= 11 is 0. The van der Waals surface area contributed by atoms with E-state index in [1.807, 2.05) is 0 Å². The minimum Gasteiger partial charge on any atom is -0.481 e. The molecule has 8 aliphatic rings. The van der Waals surface area contributed by atoms with Crippen LogP contribution in [-0.4, -0.2) is 56.1 Å². The van der Waals surface area contributed by atoms with Crippen molar-refractivity contribution in [1.82, 2.24) is 0 Å². The van der Waals surface area contributed by atoms with Crippen LogP contribution < -0.4 is 0 Å². The largest absolute Gasteiger partial charge is 0.481 e. The minimum absolute atomic E-state index is 0.154. The van der Waals surface area contributed by atoms with E-state index in [0.717, 1.165) is 70.6 Å². The highest BCUT2D eigenvalue weighted by molar-refractivity contribution is 5.86. The Bertz CT molecular complexity index is 1510. The molecule has 316 valence electrons. The van der Waals surface area contributed by atoms with Gasteiger partial charge in [-0.25, -0.2) is 0 Å². The molecule has 56 heavy (non-hydrogen) atoms. The maximum Gasteiger partial charge on any atom is 0.303 e. The zero-order chi connectivity index (χ0) is 40.5. The average molecular weight is 781 g/mol. The summed E-state index contributed by atoms with van der Waals surface area (Å²) in [7, 11) is 0. The molecule has 4 N–H and O–H groups in total. The molecule has 0 radical (unpaired) electrons. The first-order valence-electron chi connectivity index (χ1n) is 23.2. The van der Waals surface area contributed by atoms with Crippen molar-refractivity contribution >= 4 is 23.5 Å². The van der Waals surface area contributed by atoms with Crippen LogP contribution in [0.4, 0.5) is 0 Å². The Morgan fingerprint density at radius 1 is 0.625 bits per heavy atom. The van der Waals surface area contributed by atoms with E-state index in [4.69, 9.17) is 10.2 Å². The second kappa shape index (κ2) is 15.7. The molecule has 0 saturated heterocycles. The molecule has 0 aromatic carbocycles. The number of hydrogen-bond acceptors (Lipinski definition) is 6. The number of aliphatic hydroxyl groups excluding tert-OH is 2. The van der Waals surface area contributed by atoms with E-state index in [1.54, 1.807) is 0 Å². The smallest absolute Gasteiger partial charge is 0.303 e. The first kappa shape index (κ1) is 42.3. The fourth-order valence-electron chi connectivity index (χ4n) is 17.0. The molecule has 0 heterocycles. The van der Waals surface area contributed by atoms with Gasteiger partial charge in [0.1, 0.15) is 11.6 Å². The van der Waals surface area contributed by atoms with Crippen LogP contribution >= 0.6 is 0 Å². The summed E-state index contributed by atoms with van der Waals surface area (Å²) < 4.78 is 0. The maximum absolute atomic E-state index is 13.3. The van der Waals surface area contributed by atoms with Crippen molar-refractivity contribution in [2.45, 2.75) is 182 Å². The maximum atomic E-state index is 13.3. The zero-order valence-electron chi connectivity index (χ0n) is 35.6. The molecule has 8 rings (SSSR count). The summed E-state index contributed by atoms with van der Waals surface area (Å²) in [6.45, 7) is 14.2. The first-order chi connectivity index (χ1) is 26.3. The lowest BCUT2D eigenvalue weighted by Crippen LogP contribution is -2.58. The highest BCUT2D eigenvalue weighted by Crippen LogP contribution is 2.69. The number of aliphatic hydroxyl groups is 2. The van der Waals surface area contributed by atoms with E-state index < -0.39 is 11.9 Å². The lowest BCUT2D eigenvalue weighted by atomic mass is 9.43. The molecular weight excluding hydrogens is 705 g/mol. The van der Waals surface area contributed by atoms with Gasteiger partial charge in [0.05, 0.1) is 12.2 Å². The van der Waals surface area contributed by atoms with E-state index in [2.05, 4.69) is 41.5 Å². The summed E-state index contributed by atoms with van der Waals surface area (Å²) in [5.74, 6) is 4.69. The van der Waals surface area contributed by atoms with Crippen molar-refractivity contribution in [2.75, 3.05) is 0 Å². The molecule has 0 aliphatic heterocycles. The van der Waals surface area contributed by atoms with Crippen molar-refractivity contribution < 1.29 is 39.6 Å². The van der Waals surface area contributed by atoms with Crippen molar-refractivity contribution in [3.05, 3.63) is 0 Å². The molecule has 0 amide bonds. The standard InChI is InChI=1S/C24H40O4.C24H36O4/c2*1-14(4-7-21(27)28)17-5-6-18-22-19(9-11-24(17,18)3)23(2)10-8-16(25)12-15(23)13-20(22)26/h14-20,22,25-26H,4-13H2,1-3H3,(H,27,28);14-15,17-19,22H,4-13H2,1-3H3,(H,27,28)/t14-,15+,16+,17-,18?,19?,20?,22+,23+,24-;14-,15+,17-,18?,19?,22+,23+,24-/m11/s1. The molecule has 5 unspecified atom stereocenters. The molecule has 8 heteroatoms. The molecular formula is C48H76O8. The summed E-state index contributed by atoms with van der Waals surface area (Å²) in [4.78, 5) is 47.4. The van der Waals surface area contributed by atoms with Crippen molar-refractivity contribution in [2.24, 2.45) is 92.7 Å². The summed E-state index contributed by atoms with van der Waals surface area (Å²) in [5.41, 5.74) is 0.845. The fourth-order valence-corrected chi connectivity index (χ4v) is 17.0. The lowest BCUT2D eigenvalue weighted by molar-refractivity contribution is -0.174. The first-order valence-corrected chi connectivity index (χ1v) is 23.2. The number of fused-ring (bicyclic) bond motifs is 10. The second-order valence-electron chi connectivity index (χ2n) is 22.4. The number of carbonyl (C=O) groups excluding carboxylic acids is 2. The summed E-state index contributed by atoms with van der Waals surface area (Å²) in [6, 6.07) is 0. The Hall–Kier alpha value is -1.80. The fraction of sp³-hybridized carbons (Fsp3) is 0.917. The number of ketones is 2. The number of rotatable bonds is 8. The van der Waals surface area contributed by atoms with E-state index >= 15 is 0 Å². The zero-order valence-corrected chi connectivity index (χ0v) is 35.6.